The van der Waals surface area contributed by atoms with Crippen molar-refractivity contribution in [1.82, 2.24) is 4.90 Å². The average molecular weight is 352 g/mol. The molecule has 7 nitrogen and oxygen atoms in total. The number of imide groups is 1. The van der Waals surface area contributed by atoms with Gasteiger partial charge in [0, 0.05) is 5.69 Å². The van der Waals surface area contributed by atoms with Crippen molar-refractivity contribution in [2.24, 2.45) is 0 Å². The van der Waals surface area contributed by atoms with Gasteiger partial charge < -0.3 is 10.4 Å². The summed E-state index contributed by atoms with van der Waals surface area (Å²) in [4.78, 5) is 49.5. The predicted molar refractivity (Wildman–Crippen MR) is 93.2 cm³/mol. The maximum absolute atomic E-state index is 12.6. The summed E-state index contributed by atoms with van der Waals surface area (Å²) in [5.74, 6) is -2.74. The van der Waals surface area contributed by atoms with Crippen molar-refractivity contribution in [3.63, 3.8) is 0 Å². The molecule has 0 saturated carbocycles. The smallest absolute Gasteiger partial charge is 0.335 e. The van der Waals surface area contributed by atoms with E-state index in [1.165, 1.54) is 19.1 Å². The van der Waals surface area contributed by atoms with Crippen LogP contribution in [0.4, 0.5) is 5.69 Å². The number of aromatic carboxylic acids is 1. The highest BCUT2D eigenvalue weighted by Crippen LogP contribution is 2.25. The molecular weight excluding hydrogens is 336 g/mol. The van der Waals surface area contributed by atoms with Crippen molar-refractivity contribution in [2.75, 3.05) is 5.32 Å². The van der Waals surface area contributed by atoms with Crippen LogP contribution in [0.2, 0.25) is 0 Å². The van der Waals surface area contributed by atoms with Crippen molar-refractivity contribution in [2.45, 2.75) is 19.9 Å². The number of nitrogens with zero attached hydrogens (tertiary/aromatic N) is 1. The Morgan fingerprint density at radius 1 is 1.04 bits per heavy atom. The largest absolute Gasteiger partial charge is 0.478 e. The van der Waals surface area contributed by atoms with Crippen LogP contribution in [-0.2, 0) is 4.79 Å². The number of amides is 3. The molecule has 0 fully saturated rings. The Labute approximate surface area is 149 Å². The minimum Gasteiger partial charge on any atom is -0.478 e. The first-order valence-electron chi connectivity index (χ1n) is 7.93. The van der Waals surface area contributed by atoms with Crippen molar-refractivity contribution in [3.05, 3.63) is 64.7 Å². The maximum Gasteiger partial charge on any atom is 0.335 e. The topological polar surface area (TPSA) is 104 Å². The van der Waals surface area contributed by atoms with Crippen LogP contribution in [0.1, 0.15) is 43.6 Å². The Bertz CT molecular complexity index is 916. The number of aryl methyl sites for hydroxylation is 1. The number of nitrogens with one attached hydrogen (secondary N) is 1. The van der Waals surface area contributed by atoms with Gasteiger partial charge in [-0.3, -0.25) is 19.3 Å². The van der Waals surface area contributed by atoms with E-state index in [4.69, 9.17) is 5.11 Å². The van der Waals surface area contributed by atoms with Crippen LogP contribution in [0.25, 0.3) is 0 Å². The molecule has 0 aliphatic carbocycles. The zero-order chi connectivity index (χ0) is 19.0. The Morgan fingerprint density at radius 2 is 1.62 bits per heavy atom. The number of fused-ring (bicyclic) bond motifs is 1. The summed E-state index contributed by atoms with van der Waals surface area (Å²) in [5.41, 5.74) is 1.54. The molecule has 1 heterocycles. The van der Waals surface area contributed by atoms with Crippen LogP contribution >= 0.6 is 0 Å². The van der Waals surface area contributed by atoms with Gasteiger partial charge >= 0.3 is 5.97 Å². The van der Waals surface area contributed by atoms with Crippen molar-refractivity contribution < 1.29 is 24.3 Å². The van der Waals surface area contributed by atoms with Crippen LogP contribution in [0.15, 0.2) is 42.5 Å². The minimum absolute atomic E-state index is 0.0271. The molecule has 1 aliphatic heterocycles. The van der Waals surface area contributed by atoms with E-state index in [2.05, 4.69) is 5.32 Å². The van der Waals surface area contributed by atoms with E-state index in [0.29, 0.717) is 11.3 Å². The Balaban J connectivity index is 1.84. The first-order chi connectivity index (χ1) is 12.3. The molecule has 0 bridgehead atoms. The van der Waals surface area contributed by atoms with Crippen LogP contribution in [0, 0.1) is 6.92 Å². The fourth-order valence-electron chi connectivity index (χ4n) is 2.80. The van der Waals surface area contributed by atoms with Crippen molar-refractivity contribution in [1.29, 1.82) is 0 Å². The Hall–Kier alpha value is -3.48. The van der Waals surface area contributed by atoms with E-state index >= 15 is 0 Å². The lowest BCUT2D eigenvalue weighted by Crippen LogP contribution is -2.45. The summed E-state index contributed by atoms with van der Waals surface area (Å²) in [5, 5.41) is 11.7. The number of rotatable bonds is 4. The number of hydrogen-bond donors (Lipinski definition) is 2. The van der Waals surface area contributed by atoms with Crippen LogP contribution < -0.4 is 5.32 Å². The predicted octanol–water partition coefficient (Wildman–Crippen LogP) is 2.32. The normalized spacial score (nSPS) is 14.2. The number of carbonyl (C=O) groups excluding carboxylic acids is 3. The molecule has 0 aromatic heterocycles. The SMILES string of the molecule is Cc1ccc(C(=O)O)cc1NC(=O)C(C)N1C(=O)c2ccccc2C1=O. The summed E-state index contributed by atoms with van der Waals surface area (Å²) >= 11 is 0. The van der Waals surface area contributed by atoms with E-state index in [1.54, 1.807) is 37.3 Å². The Kier molecular flexibility index (Phi) is 4.29. The number of carboxylic acid groups (broad SMARTS) is 1. The van der Waals surface area contributed by atoms with Crippen LogP contribution in [-0.4, -0.2) is 39.7 Å². The van der Waals surface area contributed by atoms with Gasteiger partial charge in [-0.2, -0.15) is 0 Å². The van der Waals surface area contributed by atoms with E-state index in [1.807, 2.05) is 0 Å². The molecule has 2 aromatic rings. The lowest BCUT2D eigenvalue weighted by molar-refractivity contribution is -0.119. The summed E-state index contributed by atoms with van der Waals surface area (Å²) in [6.45, 7) is 3.17. The molecule has 26 heavy (non-hydrogen) atoms. The van der Waals surface area contributed by atoms with E-state index < -0.39 is 29.7 Å². The van der Waals surface area contributed by atoms with E-state index in [0.717, 1.165) is 4.90 Å². The molecule has 2 aromatic carbocycles. The third-order valence-electron chi connectivity index (χ3n) is 4.33. The third-order valence-corrected chi connectivity index (χ3v) is 4.33. The molecular formula is C19H16N2O5. The van der Waals surface area contributed by atoms with Gasteiger partial charge in [0.2, 0.25) is 5.91 Å². The number of hydrogen-bond acceptors (Lipinski definition) is 4. The molecule has 1 aliphatic rings. The molecule has 0 spiro atoms. The summed E-state index contributed by atoms with van der Waals surface area (Å²) in [6.07, 6.45) is 0. The second-order valence-corrected chi connectivity index (χ2v) is 6.03. The van der Waals surface area contributed by atoms with Gasteiger partial charge in [-0.1, -0.05) is 18.2 Å². The first-order valence-corrected chi connectivity index (χ1v) is 7.93. The highest BCUT2D eigenvalue weighted by molar-refractivity contribution is 6.23. The minimum atomic E-state index is -1.12. The van der Waals surface area contributed by atoms with E-state index in [9.17, 15) is 19.2 Å². The summed E-state index contributed by atoms with van der Waals surface area (Å²) in [7, 11) is 0. The third kappa shape index (κ3) is 2.83. The number of anilines is 1. The van der Waals surface area contributed by atoms with Gasteiger partial charge in [0.25, 0.3) is 11.8 Å². The van der Waals surface area contributed by atoms with Gasteiger partial charge in [0.1, 0.15) is 6.04 Å². The van der Waals surface area contributed by atoms with Gasteiger partial charge in [-0.05, 0) is 43.7 Å². The Morgan fingerprint density at radius 3 is 2.15 bits per heavy atom. The van der Waals surface area contributed by atoms with Crippen molar-refractivity contribution >= 4 is 29.4 Å². The molecule has 132 valence electrons. The van der Waals surface area contributed by atoms with Crippen LogP contribution in [0.5, 0.6) is 0 Å². The summed E-state index contributed by atoms with van der Waals surface area (Å²) in [6, 6.07) is 9.69. The zero-order valence-corrected chi connectivity index (χ0v) is 14.1. The molecule has 3 amide bonds. The molecule has 1 unspecified atom stereocenters. The van der Waals surface area contributed by atoms with Gasteiger partial charge in [-0.15, -0.1) is 0 Å². The quantitative estimate of drug-likeness (QED) is 0.822. The van der Waals surface area contributed by atoms with Crippen molar-refractivity contribution in [3.8, 4) is 0 Å². The van der Waals surface area contributed by atoms with E-state index in [-0.39, 0.29) is 16.7 Å². The second-order valence-electron chi connectivity index (χ2n) is 6.03. The molecule has 3 rings (SSSR count). The monoisotopic (exact) mass is 352 g/mol. The van der Waals surface area contributed by atoms with Gasteiger partial charge in [-0.25, -0.2) is 4.79 Å². The lowest BCUT2D eigenvalue weighted by Gasteiger charge is -2.22. The molecule has 0 saturated heterocycles. The number of carboxylic acids is 1. The van der Waals surface area contributed by atoms with Gasteiger partial charge in [0.15, 0.2) is 0 Å². The molecule has 2 N–H and O–H groups in total. The fourth-order valence-corrected chi connectivity index (χ4v) is 2.80. The average Bonchev–Trinajstić information content (AvgIpc) is 2.87. The summed E-state index contributed by atoms with van der Waals surface area (Å²) < 4.78 is 0. The zero-order valence-electron chi connectivity index (χ0n) is 14.1. The fraction of sp³-hybridized carbons (Fsp3) is 0.158. The number of benzene rings is 2. The molecule has 1 atom stereocenters. The highest BCUT2D eigenvalue weighted by atomic mass is 16.4. The first kappa shape index (κ1) is 17.3. The standard InChI is InChI=1S/C19H16N2O5/c1-10-7-8-12(19(25)26)9-15(10)20-16(22)11(2)21-17(23)13-5-3-4-6-14(13)18(21)24/h3-9,11H,1-2H3,(H,20,22)(H,25,26). The van der Waals surface area contributed by atoms with Gasteiger partial charge in [0.05, 0.1) is 16.7 Å². The lowest BCUT2D eigenvalue weighted by atomic mass is 10.1. The molecule has 7 heteroatoms. The number of carbonyl (C=O) groups is 4. The highest BCUT2D eigenvalue weighted by Gasteiger charge is 2.40. The molecule has 0 radical (unpaired) electrons. The maximum atomic E-state index is 12.6. The van der Waals surface area contributed by atoms with Crippen LogP contribution in [0.3, 0.4) is 0 Å². The second kappa shape index (κ2) is 6.44.